The van der Waals surface area contributed by atoms with Crippen molar-refractivity contribution >= 4 is 119 Å². The molecule has 0 saturated carbocycles. The molecule has 5 aliphatic heterocycles. The van der Waals surface area contributed by atoms with E-state index in [1.54, 1.807) is 0 Å². The van der Waals surface area contributed by atoms with Crippen LogP contribution in [-0.4, -0.2) is 13.4 Å². The highest BCUT2D eigenvalue weighted by Crippen LogP contribution is 2.55. The van der Waals surface area contributed by atoms with Crippen molar-refractivity contribution in [3.8, 4) is 23.0 Å². The van der Waals surface area contributed by atoms with Crippen LogP contribution in [0.25, 0.3) is 43.9 Å². The first-order valence-electron chi connectivity index (χ1n) is 17.0. The molecule has 0 radical (unpaired) electrons. The van der Waals surface area contributed by atoms with Gasteiger partial charge in [0, 0.05) is 43.1 Å². The van der Waals surface area contributed by atoms with Crippen LogP contribution in [0.1, 0.15) is 0 Å². The Hall–Kier alpha value is -5.98. The summed E-state index contributed by atoms with van der Waals surface area (Å²) in [4.78, 5) is 5.06. The van der Waals surface area contributed by atoms with E-state index < -0.39 is 0 Å². The van der Waals surface area contributed by atoms with E-state index in [9.17, 15) is 0 Å². The van der Waals surface area contributed by atoms with Gasteiger partial charge >= 0.3 is 0 Å². The molecule has 0 atom stereocenters. The highest BCUT2D eigenvalue weighted by atomic mass is 32.2. The second-order valence-corrected chi connectivity index (χ2v) is 14.9. The Balaban J connectivity index is 1.17. The number of hydrogen-bond acceptors (Lipinski definition) is 6. The van der Waals surface area contributed by atoms with Gasteiger partial charge in [0.25, 0.3) is 13.4 Å². The van der Waals surface area contributed by atoms with Crippen molar-refractivity contribution in [3.05, 3.63) is 115 Å². The lowest BCUT2D eigenvalue weighted by Crippen LogP contribution is -2.67. The van der Waals surface area contributed by atoms with Crippen LogP contribution in [0.5, 0.6) is 23.0 Å². The molecular weight excluding hydrogens is 636 g/mol. The summed E-state index contributed by atoms with van der Waals surface area (Å²) >= 11 is 1.87. The van der Waals surface area contributed by atoms with Crippen LogP contribution in [0.15, 0.2) is 134 Å². The lowest BCUT2D eigenvalue weighted by atomic mass is 9.29. The molecule has 0 N–H and O–H groups in total. The van der Waals surface area contributed by atoms with Crippen LogP contribution in [0, 0.1) is 0 Å². The van der Waals surface area contributed by atoms with Gasteiger partial charge in [0.1, 0.15) is 45.3 Å². The molecule has 5 aliphatic rings. The minimum absolute atomic E-state index is 0.0648. The van der Waals surface area contributed by atoms with Crippen molar-refractivity contribution < 1.29 is 18.3 Å². The summed E-state index contributed by atoms with van der Waals surface area (Å²) in [7, 11) is 0. The van der Waals surface area contributed by atoms with Gasteiger partial charge in [-0.3, -0.25) is 0 Å². The third-order valence-electron chi connectivity index (χ3n) is 11.6. The van der Waals surface area contributed by atoms with E-state index in [2.05, 4.69) is 108 Å². The third-order valence-corrected chi connectivity index (χ3v) is 12.7. The molecule has 50 heavy (non-hydrogen) atoms. The first kappa shape index (κ1) is 25.1. The summed E-state index contributed by atoms with van der Waals surface area (Å²) in [6.45, 7) is -0.130. The molecular formula is C42H19B2NO4S. The number of furan rings is 2. The predicted octanol–water partition coefficient (Wildman–Crippen LogP) is 7.29. The molecule has 0 spiro atoms. The highest BCUT2D eigenvalue weighted by Gasteiger charge is 2.53. The molecule has 9 aromatic rings. The Morgan fingerprint density at radius 1 is 0.440 bits per heavy atom. The first-order chi connectivity index (χ1) is 24.8. The molecule has 0 amide bonds. The normalized spacial score (nSPS) is 14.9. The summed E-state index contributed by atoms with van der Waals surface area (Å²) < 4.78 is 26.9. The van der Waals surface area contributed by atoms with Gasteiger partial charge in [-0.2, -0.15) is 0 Å². The standard InChI is InChI=1S/C42H19B2NO4S/c1-3-11-24-20(7-1)34-26(46-24)15-17-28-36(34)43-22-9-5-13-32-40(22)45-41-23(10-6-14-33(41)50-32)44-37-29(49-31-19-30(48-28)38(43)42(45)39(31)44)18-16-27-35(37)21-8-2-4-12-25(21)47-27/h1-19H. The predicted molar refractivity (Wildman–Crippen MR) is 202 cm³/mol. The maximum Gasteiger partial charge on any atom is 0.257 e. The monoisotopic (exact) mass is 655 g/mol. The zero-order chi connectivity index (χ0) is 32.0. The Labute approximate surface area is 289 Å². The van der Waals surface area contributed by atoms with Crippen LogP contribution in [0.4, 0.5) is 17.1 Å². The van der Waals surface area contributed by atoms with Crippen molar-refractivity contribution in [1.29, 1.82) is 0 Å². The largest absolute Gasteiger partial charge is 0.458 e. The number of nitrogens with zero attached hydrogens (tertiary/aromatic N) is 1. The fraction of sp³-hybridized carbons (Fsp3) is 0. The van der Waals surface area contributed by atoms with E-state index in [-0.39, 0.29) is 13.4 Å². The van der Waals surface area contributed by atoms with Gasteiger partial charge in [-0.05, 0) is 81.3 Å². The second-order valence-electron chi connectivity index (χ2n) is 13.8. The molecule has 5 nitrogen and oxygen atoms in total. The number of rotatable bonds is 0. The molecule has 7 heterocycles. The van der Waals surface area contributed by atoms with Gasteiger partial charge in [0.15, 0.2) is 0 Å². The molecule has 8 heteroatoms. The van der Waals surface area contributed by atoms with Crippen molar-refractivity contribution in [2.75, 3.05) is 4.90 Å². The first-order valence-corrected chi connectivity index (χ1v) is 17.8. The van der Waals surface area contributed by atoms with E-state index in [1.807, 2.05) is 23.9 Å². The SMILES string of the molecule is c1cc2c3c(c1)B1c4c(cc5c6c4N3c3c(cccc3B6c3c(ccc4oc6ccccc6c34)O5)S2)Oc2ccc3oc4ccccc4c3c21. The number of benzene rings is 7. The Morgan fingerprint density at radius 3 is 1.50 bits per heavy atom. The zero-order valence-electron chi connectivity index (χ0n) is 26.1. The van der Waals surface area contributed by atoms with Gasteiger partial charge in [-0.25, -0.2) is 0 Å². The molecule has 2 aromatic heterocycles. The average Bonchev–Trinajstić information content (AvgIpc) is 3.73. The van der Waals surface area contributed by atoms with Gasteiger partial charge < -0.3 is 23.2 Å². The summed E-state index contributed by atoms with van der Waals surface area (Å²) in [5, 5.41) is 4.46. The number of para-hydroxylation sites is 4. The van der Waals surface area contributed by atoms with E-state index in [0.717, 1.165) is 77.8 Å². The van der Waals surface area contributed by atoms with Gasteiger partial charge in [-0.15, -0.1) is 0 Å². The van der Waals surface area contributed by atoms with Crippen LogP contribution in [0.2, 0.25) is 0 Å². The Kier molecular flexibility index (Phi) is 4.13. The van der Waals surface area contributed by atoms with Crippen molar-refractivity contribution in [1.82, 2.24) is 0 Å². The zero-order valence-corrected chi connectivity index (χ0v) is 26.9. The molecule has 7 aromatic carbocycles. The number of ether oxygens (including phenoxy) is 2. The highest BCUT2D eigenvalue weighted by molar-refractivity contribution is 7.99. The van der Waals surface area contributed by atoms with E-state index in [1.165, 1.54) is 48.7 Å². The molecule has 228 valence electrons. The van der Waals surface area contributed by atoms with Crippen molar-refractivity contribution in [3.63, 3.8) is 0 Å². The minimum Gasteiger partial charge on any atom is -0.458 e. The Morgan fingerprint density at radius 2 is 0.960 bits per heavy atom. The third kappa shape index (κ3) is 2.69. The lowest BCUT2D eigenvalue weighted by molar-refractivity contribution is 0.466. The Bertz CT molecular complexity index is 2920. The average molecular weight is 655 g/mol. The van der Waals surface area contributed by atoms with Crippen molar-refractivity contribution in [2.45, 2.75) is 9.79 Å². The summed E-state index contributed by atoms with van der Waals surface area (Å²) in [6, 6.07) is 40.8. The minimum atomic E-state index is -0.0648. The van der Waals surface area contributed by atoms with E-state index in [4.69, 9.17) is 18.3 Å². The van der Waals surface area contributed by atoms with Gasteiger partial charge in [-0.1, -0.05) is 72.4 Å². The lowest BCUT2D eigenvalue weighted by Gasteiger charge is -2.49. The maximum atomic E-state index is 7.01. The fourth-order valence-electron chi connectivity index (χ4n) is 9.81. The van der Waals surface area contributed by atoms with Crippen LogP contribution in [-0.2, 0) is 0 Å². The van der Waals surface area contributed by atoms with Crippen LogP contribution >= 0.6 is 11.8 Å². The van der Waals surface area contributed by atoms with Crippen LogP contribution < -0.4 is 47.2 Å². The van der Waals surface area contributed by atoms with Gasteiger partial charge in [0.05, 0.1) is 11.4 Å². The van der Waals surface area contributed by atoms with E-state index in [0.29, 0.717) is 0 Å². The van der Waals surface area contributed by atoms with Crippen LogP contribution in [0.3, 0.4) is 0 Å². The van der Waals surface area contributed by atoms with E-state index >= 15 is 0 Å². The number of anilines is 3. The quantitative estimate of drug-likeness (QED) is 0.160. The maximum absolute atomic E-state index is 7.01. The van der Waals surface area contributed by atoms with Crippen molar-refractivity contribution in [2.24, 2.45) is 0 Å². The smallest absolute Gasteiger partial charge is 0.257 e. The second kappa shape index (κ2) is 8.24. The summed E-state index contributed by atoms with van der Waals surface area (Å²) in [5.41, 5.74) is 14.5. The summed E-state index contributed by atoms with van der Waals surface area (Å²) in [6.07, 6.45) is 0. The number of fused-ring (bicyclic) bond motifs is 14. The molecule has 0 bridgehead atoms. The number of hydrogen-bond donors (Lipinski definition) is 0. The van der Waals surface area contributed by atoms with Gasteiger partial charge in [0.2, 0.25) is 0 Å². The topological polar surface area (TPSA) is 48.0 Å². The molecule has 0 aliphatic carbocycles. The summed E-state index contributed by atoms with van der Waals surface area (Å²) in [5.74, 6) is 3.41. The molecule has 0 fully saturated rings. The molecule has 14 rings (SSSR count). The molecule has 0 unspecified atom stereocenters. The fourth-order valence-corrected chi connectivity index (χ4v) is 11.0. The molecule has 0 saturated heterocycles.